The molecule has 0 aliphatic rings. The van der Waals surface area contributed by atoms with Crippen molar-refractivity contribution in [3.05, 3.63) is 0 Å². The third-order valence-electron chi connectivity index (χ3n) is 0.721. The van der Waals surface area contributed by atoms with Gasteiger partial charge in [0.2, 0.25) is 5.91 Å². The Morgan fingerprint density at radius 1 is 1.78 bits per heavy atom. The number of carbonyl (C=O) groups is 1. The Morgan fingerprint density at radius 2 is 2.33 bits per heavy atom. The van der Waals surface area contributed by atoms with Crippen LogP contribution in [-0.4, -0.2) is 30.9 Å². The van der Waals surface area contributed by atoms with Crippen molar-refractivity contribution >= 4 is 12.3 Å². The van der Waals surface area contributed by atoms with Crippen molar-refractivity contribution in [3.63, 3.8) is 0 Å². The average molecular weight is 129 g/mol. The summed E-state index contributed by atoms with van der Waals surface area (Å²) in [6.07, 6.45) is 1.59. The van der Waals surface area contributed by atoms with Crippen molar-refractivity contribution in [1.82, 2.24) is 10.2 Å². The van der Waals surface area contributed by atoms with Gasteiger partial charge in [-0.2, -0.15) is 0 Å². The maximum atomic E-state index is 10.2. The van der Waals surface area contributed by atoms with Crippen LogP contribution in [-0.2, 0) is 9.59 Å². The fourth-order valence-corrected chi connectivity index (χ4v) is 0.262. The third-order valence-corrected chi connectivity index (χ3v) is 0.721. The second-order valence-electron chi connectivity index (χ2n) is 1.68. The average Bonchev–Trinajstić information content (AvgIpc) is 1.83. The van der Waals surface area contributed by atoms with Crippen LogP contribution in [0.15, 0.2) is 0 Å². The van der Waals surface area contributed by atoms with Crippen LogP contribution in [0.1, 0.15) is 6.92 Å². The quantitative estimate of drug-likeness (QED) is 0.395. The second kappa shape index (κ2) is 3.88. The molecule has 0 saturated heterocycles. The molecule has 51 valence electrons. The van der Waals surface area contributed by atoms with Gasteiger partial charge in [-0.15, -0.1) is 0 Å². The van der Waals surface area contributed by atoms with E-state index in [1.165, 1.54) is 18.9 Å². The Morgan fingerprint density at radius 3 is 2.67 bits per heavy atom. The van der Waals surface area contributed by atoms with Crippen LogP contribution in [0.3, 0.4) is 0 Å². The van der Waals surface area contributed by atoms with Gasteiger partial charge in [-0.05, 0) is 0 Å². The van der Waals surface area contributed by atoms with E-state index in [4.69, 9.17) is 0 Å². The highest BCUT2D eigenvalue weighted by atomic mass is 16.2. The van der Waals surface area contributed by atoms with Gasteiger partial charge in [0.25, 0.3) is 0 Å². The van der Waals surface area contributed by atoms with Crippen LogP contribution in [0.4, 0.5) is 0 Å². The Labute approximate surface area is 53.8 Å². The Hall–Kier alpha value is -1.06. The first-order valence-electron chi connectivity index (χ1n) is 2.50. The SMILES string of the molecule is CC(=O)NCN(C)[C]=O. The molecule has 2 amide bonds. The molecule has 0 rings (SSSR count). The number of carbonyl (C=O) groups excluding carboxylic acids is 2. The lowest BCUT2D eigenvalue weighted by Crippen LogP contribution is -2.32. The molecule has 1 radical (unpaired) electrons. The molecular weight excluding hydrogens is 120 g/mol. The molecule has 9 heavy (non-hydrogen) atoms. The molecule has 0 aromatic heterocycles. The fraction of sp³-hybridized carbons (Fsp3) is 0.600. The van der Waals surface area contributed by atoms with E-state index < -0.39 is 0 Å². The van der Waals surface area contributed by atoms with Gasteiger partial charge in [0.15, 0.2) is 0 Å². The standard InChI is InChI=1S/C5H9N2O2/c1-5(9)6-3-7(2)4-8/h3H2,1-2H3,(H,6,9). The first-order chi connectivity index (χ1) is 4.16. The van der Waals surface area contributed by atoms with Crippen LogP contribution in [0.2, 0.25) is 0 Å². The highest BCUT2D eigenvalue weighted by Gasteiger charge is 1.93. The van der Waals surface area contributed by atoms with Crippen LogP contribution >= 0.6 is 0 Å². The predicted molar refractivity (Wildman–Crippen MR) is 32.1 cm³/mol. The molecule has 0 aromatic carbocycles. The van der Waals surface area contributed by atoms with Crippen molar-refractivity contribution in [1.29, 1.82) is 0 Å². The minimum Gasteiger partial charge on any atom is -0.339 e. The highest BCUT2D eigenvalue weighted by Crippen LogP contribution is 1.68. The first kappa shape index (κ1) is 7.94. The van der Waals surface area contributed by atoms with Crippen LogP contribution in [0, 0.1) is 0 Å². The fourth-order valence-electron chi connectivity index (χ4n) is 0.262. The summed E-state index contributed by atoms with van der Waals surface area (Å²) in [6, 6.07) is 0. The largest absolute Gasteiger partial charge is 0.339 e. The zero-order valence-corrected chi connectivity index (χ0v) is 5.47. The molecule has 0 aliphatic heterocycles. The van der Waals surface area contributed by atoms with E-state index in [1.807, 2.05) is 0 Å². The summed E-state index contributed by atoms with van der Waals surface area (Å²) in [5.41, 5.74) is 0. The zero-order chi connectivity index (χ0) is 7.28. The van der Waals surface area contributed by atoms with Crippen LogP contribution in [0.5, 0.6) is 0 Å². The molecule has 0 atom stereocenters. The van der Waals surface area contributed by atoms with E-state index in [-0.39, 0.29) is 12.6 Å². The number of hydrogen-bond donors (Lipinski definition) is 1. The lowest BCUT2D eigenvalue weighted by molar-refractivity contribution is -0.119. The number of rotatable bonds is 3. The summed E-state index contributed by atoms with van der Waals surface area (Å²) in [4.78, 5) is 21.2. The number of nitrogens with one attached hydrogen (secondary N) is 1. The molecule has 0 heterocycles. The molecule has 0 bridgehead atoms. The van der Waals surface area contributed by atoms with Gasteiger partial charge in [0, 0.05) is 14.0 Å². The Bertz CT molecular complexity index is 114. The van der Waals surface area contributed by atoms with E-state index in [9.17, 15) is 9.59 Å². The molecule has 0 spiro atoms. The summed E-state index contributed by atoms with van der Waals surface area (Å²) in [5, 5.41) is 2.42. The lowest BCUT2D eigenvalue weighted by atomic mass is 10.7. The molecule has 4 nitrogen and oxygen atoms in total. The maximum Gasteiger partial charge on any atom is 0.313 e. The Balaban J connectivity index is 3.26. The van der Waals surface area contributed by atoms with Gasteiger partial charge in [0.1, 0.15) is 0 Å². The normalized spacial score (nSPS) is 8.22. The molecule has 0 aliphatic carbocycles. The molecule has 0 unspecified atom stereocenters. The van der Waals surface area contributed by atoms with Crippen molar-refractivity contribution < 1.29 is 9.59 Å². The number of amides is 2. The smallest absolute Gasteiger partial charge is 0.313 e. The summed E-state index contributed by atoms with van der Waals surface area (Å²) in [6.45, 7) is 1.61. The zero-order valence-electron chi connectivity index (χ0n) is 5.47. The molecule has 0 saturated carbocycles. The number of nitrogens with zero attached hydrogens (tertiary/aromatic N) is 1. The molecule has 0 aromatic rings. The highest BCUT2D eigenvalue weighted by molar-refractivity contribution is 5.72. The first-order valence-corrected chi connectivity index (χ1v) is 2.50. The summed E-state index contributed by atoms with van der Waals surface area (Å²) in [7, 11) is 1.53. The van der Waals surface area contributed by atoms with Crippen LogP contribution in [0.25, 0.3) is 0 Å². The number of hydrogen-bond acceptors (Lipinski definition) is 2. The van der Waals surface area contributed by atoms with Gasteiger partial charge < -0.3 is 10.2 Å². The summed E-state index contributed by atoms with van der Waals surface area (Å²) in [5.74, 6) is -0.155. The van der Waals surface area contributed by atoms with Gasteiger partial charge in [-0.1, -0.05) is 0 Å². The van der Waals surface area contributed by atoms with Crippen molar-refractivity contribution in [2.75, 3.05) is 13.7 Å². The minimum atomic E-state index is -0.155. The van der Waals surface area contributed by atoms with Crippen molar-refractivity contribution in [3.8, 4) is 0 Å². The lowest BCUT2D eigenvalue weighted by Gasteiger charge is -2.07. The van der Waals surface area contributed by atoms with E-state index in [1.54, 1.807) is 6.41 Å². The molecule has 4 heteroatoms. The van der Waals surface area contributed by atoms with Crippen molar-refractivity contribution in [2.45, 2.75) is 6.92 Å². The van der Waals surface area contributed by atoms with E-state index in [2.05, 4.69) is 5.32 Å². The van der Waals surface area contributed by atoms with E-state index >= 15 is 0 Å². The molecular formula is C5H9N2O2. The molecule has 0 fully saturated rings. The van der Waals surface area contributed by atoms with Gasteiger partial charge in [-0.3, -0.25) is 9.59 Å². The monoisotopic (exact) mass is 129 g/mol. The van der Waals surface area contributed by atoms with Gasteiger partial charge in [-0.25, -0.2) is 0 Å². The van der Waals surface area contributed by atoms with E-state index in [0.717, 1.165) is 0 Å². The second-order valence-corrected chi connectivity index (χ2v) is 1.68. The third kappa shape index (κ3) is 4.80. The topological polar surface area (TPSA) is 49.4 Å². The van der Waals surface area contributed by atoms with Gasteiger partial charge >= 0.3 is 6.41 Å². The van der Waals surface area contributed by atoms with Crippen LogP contribution < -0.4 is 5.32 Å². The molecule has 1 N–H and O–H groups in total. The summed E-state index contributed by atoms with van der Waals surface area (Å²) < 4.78 is 0. The van der Waals surface area contributed by atoms with E-state index in [0.29, 0.717) is 0 Å². The maximum absolute atomic E-state index is 10.2. The Kier molecular flexibility index (Phi) is 3.43. The predicted octanol–water partition coefficient (Wildman–Crippen LogP) is -0.921. The summed E-state index contributed by atoms with van der Waals surface area (Å²) >= 11 is 0. The van der Waals surface area contributed by atoms with Gasteiger partial charge in [0.05, 0.1) is 6.67 Å². The van der Waals surface area contributed by atoms with Crippen molar-refractivity contribution in [2.24, 2.45) is 0 Å². The minimum absolute atomic E-state index is 0.155.